The van der Waals surface area contributed by atoms with E-state index in [4.69, 9.17) is 25.6 Å². The van der Waals surface area contributed by atoms with Gasteiger partial charge in [0.25, 0.3) is 5.91 Å². The minimum absolute atomic E-state index is 0.249. The van der Waals surface area contributed by atoms with Gasteiger partial charge in [0.05, 0.1) is 30.6 Å². The molecule has 32 heavy (non-hydrogen) atoms. The Kier molecular flexibility index (Phi) is 6.67. The van der Waals surface area contributed by atoms with Crippen molar-refractivity contribution >= 4 is 50.6 Å². The maximum absolute atomic E-state index is 12.2. The highest BCUT2D eigenvalue weighted by Crippen LogP contribution is 2.32. The van der Waals surface area contributed by atoms with Crippen molar-refractivity contribution in [2.45, 2.75) is 0 Å². The fraction of sp³-hybridized carbons (Fsp3) is 0.0909. The van der Waals surface area contributed by atoms with Crippen LogP contribution in [0.5, 0.6) is 11.5 Å². The predicted molar refractivity (Wildman–Crippen MR) is 124 cm³/mol. The number of carbonyl (C=O) groups excluding carboxylic acids is 1. The molecule has 0 unspecified atom stereocenters. The van der Waals surface area contributed by atoms with Crippen LogP contribution in [0.1, 0.15) is 5.56 Å². The van der Waals surface area contributed by atoms with E-state index in [0.29, 0.717) is 28.4 Å². The largest absolute Gasteiger partial charge is 0.497 e. The highest BCUT2D eigenvalue weighted by atomic mass is 79.9. The molecule has 0 aliphatic heterocycles. The Bertz CT molecular complexity index is 1290. The molecule has 4 rings (SSSR count). The molecule has 0 spiro atoms. The van der Waals surface area contributed by atoms with E-state index in [2.05, 4.69) is 36.6 Å². The van der Waals surface area contributed by atoms with Crippen LogP contribution < -0.4 is 14.9 Å². The summed E-state index contributed by atoms with van der Waals surface area (Å²) in [5.41, 5.74) is 4.35. The van der Waals surface area contributed by atoms with Crippen molar-refractivity contribution < 1.29 is 18.8 Å². The van der Waals surface area contributed by atoms with Crippen LogP contribution in [0.4, 0.5) is 0 Å². The van der Waals surface area contributed by atoms with Crippen molar-refractivity contribution in [2.75, 3.05) is 13.7 Å². The molecule has 8 nitrogen and oxygen atoms in total. The smallest absolute Gasteiger partial charge is 0.277 e. The third-order valence-electron chi connectivity index (χ3n) is 4.40. The SMILES string of the molecule is COc1ccc2nc(Cl)c(/C=N/NC(=O)COc3ccc(Br)cc3-c3ccno3)cc2c1. The average Bonchev–Trinajstić information content (AvgIpc) is 3.33. The fourth-order valence-corrected chi connectivity index (χ4v) is 3.45. The number of carbonyl (C=O) groups is 1. The van der Waals surface area contributed by atoms with Gasteiger partial charge in [0.15, 0.2) is 12.4 Å². The fourth-order valence-electron chi connectivity index (χ4n) is 2.89. The number of amides is 1. The first-order valence-electron chi connectivity index (χ1n) is 9.33. The van der Waals surface area contributed by atoms with Crippen LogP contribution in [0.15, 0.2) is 68.8 Å². The van der Waals surface area contributed by atoms with Crippen LogP contribution in [0, 0.1) is 0 Å². The zero-order valence-corrected chi connectivity index (χ0v) is 19.1. The molecule has 10 heteroatoms. The standard InChI is InChI=1S/C22H16BrClN4O4/c1-30-16-3-4-18-13(9-16)8-14(22(24)27-18)11-25-28-21(29)12-31-19-5-2-15(23)10-17(19)20-6-7-26-32-20/h2-11H,12H2,1H3,(H,28,29)/b25-11+. The van der Waals surface area contributed by atoms with Gasteiger partial charge in [-0.25, -0.2) is 10.4 Å². The summed E-state index contributed by atoms with van der Waals surface area (Å²) >= 11 is 9.63. The molecule has 0 saturated carbocycles. The summed E-state index contributed by atoms with van der Waals surface area (Å²) in [6.07, 6.45) is 2.95. The maximum Gasteiger partial charge on any atom is 0.277 e. The summed E-state index contributed by atoms with van der Waals surface area (Å²) in [4.78, 5) is 16.5. The van der Waals surface area contributed by atoms with Crippen molar-refractivity contribution in [1.29, 1.82) is 0 Å². The quantitative estimate of drug-likeness (QED) is 0.215. The topological polar surface area (TPSA) is 98.8 Å². The molecule has 0 aliphatic carbocycles. The summed E-state index contributed by atoms with van der Waals surface area (Å²) in [7, 11) is 1.59. The number of hydrazone groups is 1. The van der Waals surface area contributed by atoms with Crippen LogP contribution >= 0.6 is 27.5 Å². The van der Waals surface area contributed by atoms with Crippen LogP contribution in [0.2, 0.25) is 5.15 Å². The van der Waals surface area contributed by atoms with Crippen molar-refractivity contribution in [1.82, 2.24) is 15.6 Å². The molecule has 0 fully saturated rings. The maximum atomic E-state index is 12.2. The molecule has 0 aliphatic rings. The first-order valence-corrected chi connectivity index (χ1v) is 10.5. The van der Waals surface area contributed by atoms with Gasteiger partial charge in [-0.2, -0.15) is 5.10 Å². The van der Waals surface area contributed by atoms with Gasteiger partial charge in [0, 0.05) is 21.5 Å². The highest BCUT2D eigenvalue weighted by Gasteiger charge is 2.12. The van der Waals surface area contributed by atoms with Gasteiger partial charge in [0.1, 0.15) is 16.7 Å². The van der Waals surface area contributed by atoms with Crippen molar-refractivity contribution in [3.63, 3.8) is 0 Å². The van der Waals surface area contributed by atoms with Crippen LogP contribution in [-0.2, 0) is 4.79 Å². The normalized spacial score (nSPS) is 11.1. The summed E-state index contributed by atoms with van der Waals surface area (Å²) < 4.78 is 16.9. The lowest BCUT2D eigenvalue weighted by Crippen LogP contribution is -2.24. The lowest BCUT2D eigenvalue weighted by atomic mass is 10.1. The zero-order valence-electron chi connectivity index (χ0n) is 16.7. The van der Waals surface area contributed by atoms with E-state index in [1.54, 1.807) is 31.4 Å². The van der Waals surface area contributed by atoms with Gasteiger partial charge in [-0.3, -0.25) is 4.79 Å². The van der Waals surface area contributed by atoms with Crippen LogP contribution in [0.3, 0.4) is 0 Å². The molecule has 2 aromatic heterocycles. The van der Waals surface area contributed by atoms with Gasteiger partial charge in [0.2, 0.25) is 0 Å². The molecular weight excluding hydrogens is 500 g/mol. The van der Waals surface area contributed by atoms with Crippen LogP contribution in [0.25, 0.3) is 22.2 Å². The van der Waals surface area contributed by atoms with E-state index in [0.717, 1.165) is 15.4 Å². The third-order valence-corrected chi connectivity index (χ3v) is 5.20. The second-order valence-corrected chi connectivity index (χ2v) is 7.80. The monoisotopic (exact) mass is 514 g/mol. The van der Waals surface area contributed by atoms with Crippen molar-refractivity contribution in [2.24, 2.45) is 5.10 Å². The number of pyridine rings is 1. The first-order chi connectivity index (χ1) is 15.5. The summed E-state index contributed by atoms with van der Waals surface area (Å²) in [6.45, 7) is -0.249. The number of fused-ring (bicyclic) bond motifs is 1. The van der Waals surface area contributed by atoms with E-state index in [1.165, 1.54) is 12.4 Å². The van der Waals surface area contributed by atoms with E-state index in [9.17, 15) is 4.79 Å². The molecule has 4 aromatic rings. The highest BCUT2D eigenvalue weighted by molar-refractivity contribution is 9.10. The third kappa shape index (κ3) is 5.06. The first kappa shape index (κ1) is 21.8. The number of nitrogens with zero attached hydrogens (tertiary/aromatic N) is 3. The van der Waals surface area contributed by atoms with E-state index in [1.807, 2.05) is 24.3 Å². The minimum atomic E-state index is -0.445. The van der Waals surface area contributed by atoms with Gasteiger partial charge in [-0.1, -0.05) is 32.7 Å². The lowest BCUT2D eigenvalue weighted by molar-refractivity contribution is -0.123. The molecule has 162 valence electrons. The number of nitrogens with one attached hydrogen (secondary N) is 1. The molecule has 1 N–H and O–H groups in total. The zero-order chi connectivity index (χ0) is 22.5. The van der Waals surface area contributed by atoms with Gasteiger partial charge < -0.3 is 14.0 Å². The summed E-state index contributed by atoms with van der Waals surface area (Å²) in [6, 6.07) is 14.3. The second-order valence-electron chi connectivity index (χ2n) is 6.53. The number of benzene rings is 2. The van der Waals surface area contributed by atoms with Crippen molar-refractivity contribution in [3.8, 4) is 22.8 Å². The Morgan fingerprint density at radius 2 is 2.12 bits per heavy atom. The summed E-state index contributed by atoms with van der Waals surface area (Å²) in [5, 5.41) is 8.76. The molecule has 0 atom stereocenters. The Morgan fingerprint density at radius 3 is 2.91 bits per heavy atom. The Hall–Kier alpha value is -3.43. The average molecular weight is 516 g/mol. The minimum Gasteiger partial charge on any atom is -0.497 e. The number of hydrogen-bond acceptors (Lipinski definition) is 7. The van der Waals surface area contributed by atoms with Gasteiger partial charge >= 0.3 is 0 Å². The molecule has 0 radical (unpaired) electrons. The number of ether oxygens (including phenoxy) is 2. The molecular formula is C22H16BrClN4O4. The number of aromatic nitrogens is 2. The van der Waals surface area contributed by atoms with Gasteiger partial charge in [-0.15, -0.1) is 0 Å². The Morgan fingerprint density at radius 1 is 1.25 bits per heavy atom. The number of rotatable bonds is 7. The molecule has 1 amide bonds. The number of methoxy groups -OCH3 is 1. The van der Waals surface area contributed by atoms with Crippen LogP contribution in [-0.4, -0.2) is 36.0 Å². The van der Waals surface area contributed by atoms with Crippen molar-refractivity contribution in [3.05, 3.63) is 69.9 Å². The number of hydrogen-bond donors (Lipinski definition) is 1. The Labute approximate surface area is 196 Å². The Balaban J connectivity index is 1.41. The number of halogens is 2. The van der Waals surface area contributed by atoms with E-state index in [-0.39, 0.29) is 11.8 Å². The molecule has 2 heterocycles. The van der Waals surface area contributed by atoms with Gasteiger partial charge in [-0.05, 0) is 42.5 Å². The molecule has 2 aromatic carbocycles. The predicted octanol–water partition coefficient (Wildman–Crippen LogP) is 4.84. The second kappa shape index (κ2) is 9.80. The van der Waals surface area contributed by atoms with E-state index < -0.39 is 5.91 Å². The van der Waals surface area contributed by atoms with E-state index >= 15 is 0 Å². The lowest BCUT2D eigenvalue weighted by Gasteiger charge is -2.09. The molecule has 0 saturated heterocycles. The summed E-state index contributed by atoms with van der Waals surface area (Å²) in [5.74, 6) is 1.25. The molecule has 0 bridgehead atoms.